The molecule has 0 bridgehead atoms. The van der Waals surface area contributed by atoms with Crippen molar-refractivity contribution in [3.63, 3.8) is 0 Å². The van der Waals surface area contributed by atoms with E-state index in [1.807, 2.05) is 0 Å². The van der Waals surface area contributed by atoms with Gasteiger partial charge in [0.25, 0.3) is 5.91 Å². The smallest absolute Gasteiger partial charge is 0.326 e. The van der Waals surface area contributed by atoms with Gasteiger partial charge in [-0.15, -0.1) is 0 Å². The van der Waals surface area contributed by atoms with E-state index in [-0.39, 0.29) is 5.91 Å². The third-order valence-corrected chi connectivity index (χ3v) is 3.29. The van der Waals surface area contributed by atoms with Crippen molar-refractivity contribution in [1.82, 2.24) is 14.7 Å². The van der Waals surface area contributed by atoms with Crippen molar-refractivity contribution in [1.29, 1.82) is 0 Å². The molecule has 1 aromatic rings. The van der Waals surface area contributed by atoms with E-state index in [0.717, 1.165) is 12.8 Å². The second-order valence-electron chi connectivity index (χ2n) is 4.65. The van der Waals surface area contributed by atoms with Gasteiger partial charge in [-0.3, -0.25) is 9.48 Å². The Kier molecular flexibility index (Phi) is 3.36. The molecule has 6 nitrogen and oxygen atoms in total. The van der Waals surface area contributed by atoms with Crippen molar-refractivity contribution in [3.05, 3.63) is 17.5 Å². The largest absolute Gasteiger partial charge is 0.480 e. The molecule has 1 aliphatic heterocycles. The summed E-state index contributed by atoms with van der Waals surface area (Å²) in [5.41, 5.74) is 1.13. The molecule has 1 amide bonds. The molecule has 98 valence electrons. The van der Waals surface area contributed by atoms with E-state index in [2.05, 4.69) is 5.10 Å². The number of aryl methyl sites for hydroxylation is 2. The fraction of sp³-hybridized carbons (Fsp3) is 0.583. The third-order valence-electron chi connectivity index (χ3n) is 3.29. The molecule has 6 heteroatoms. The molecule has 18 heavy (non-hydrogen) atoms. The number of rotatable bonds is 2. The minimum atomic E-state index is -0.926. The molecule has 0 spiro atoms. The Balaban J connectivity index is 2.26. The number of aliphatic carboxylic acids is 1. The van der Waals surface area contributed by atoms with E-state index in [4.69, 9.17) is 5.11 Å². The maximum absolute atomic E-state index is 12.4. The summed E-state index contributed by atoms with van der Waals surface area (Å²) in [6.07, 6.45) is 3.88. The number of carboxylic acid groups (broad SMARTS) is 1. The molecule has 2 heterocycles. The summed E-state index contributed by atoms with van der Waals surface area (Å²) in [6, 6.07) is -0.703. The lowest BCUT2D eigenvalue weighted by atomic mass is 10.0. The van der Waals surface area contributed by atoms with Gasteiger partial charge >= 0.3 is 5.97 Å². The van der Waals surface area contributed by atoms with Gasteiger partial charge < -0.3 is 10.0 Å². The number of carboxylic acids is 1. The highest BCUT2D eigenvalue weighted by Gasteiger charge is 2.33. The van der Waals surface area contributed by atoms with Gasteiger partial charge in [0, 0.05) is 19.8 Å². The van der Waals surface area contributed by atoms with Crippen LogP contribution in [-0.2, 0) is 11.8 Å². The van der Waals surface area contributed by atoms with Crippen LogP contribution in [0.15, 0.2) is 6.20 Å². The van der Waals surface area contributed by atoms with E-state index < -0.39 is 12.0 Å². The second kappa shape index (κ2) is 4.80. The molecule has 0 aromatic carbocycles. The summed E-state index contributed by atoms with van der Waals surface area (Å²) < 4.78 is 1.57. The number of hydrogen-bond donors (Lipinski definition) is 1. The summed E-state index contributed by atoms with van der Waals surface area (Å²) >= 11 is 0. The highest BCUT2D eigenvalue weighted by atomic mass is 16.4. The van der Waals surface area contributed by atoms with E-state index in [0.29, 0.717) is 24.2 Å². The zero-order valence-electron chi connectivity index (χ0n) is 10.6. The molecule has 0 unspecified atom stereocenters. The Morgan fingerprint density at radius 3 is 2.72 bits per heavy atom. The molecular formula is C12H17N3O3. The molecule has 1 saturated heterocycles. The number of piperidine rings is 1. The van der Waals surface area contributed by atoms with E-state index in [1.165, 1.54) is 4.90 Å². The second-order valence-corrected chi connectivity index (χ2v) is 4.65. The minimum Gasteiger partial charge on any atom is -0.480 e. The fourth-order valence-corrected chi connectivity index (χ4v) is 2.40. The fourth-order valence-electron chi connectivity index (χ4n) is 2.40. The average Bonchev–Trinajstić information content (AvgIpc) is 2.67. The molecule has 1 aliphatic rings. The number of nitrogens with zero attached hydrogens (tertiary/aromatic N) is 3. The molecule has 1 N–H and O–H groups in total. The van der Waals surface area contributed by atoms with Gasteiger partial charge in [0.15, 0.2) is 0 Å². The van der Waals surface area contributed by atoms with Gasteiger partial charge in [-0.25, -0.2) is 4.79 Å². The lowest BCUT2D eigenvalue weighted by Crippen LogP contribution is -2.48. The van der Waals surface area contributed by atoms with Crippen molar-refractivity contribution in [2.24, 2.45) is 7.05 Å². The van der Waals surface area contributed by atoms with Gasteiger partial charge in [-0.05, 0) is 26.2 Å². The van der Waals surface area contributed by atoms with Crippen LogP contribution in [0, 0.1) is 6.92 Å². The van der Waals surface area contributed by atoms with E-state index in [9.17, 15) is 9.59 Å². The SMILES string of the molecule is Cc1nn(C)cc1C(=O)N1CCCC[C@H]1C(=O)O. The van der Waals surface area contributed by atoms with E-state index >= 15 is 0 Å². The van der Waals surface area contributed by atoms with Crippen LogP contribution in [0.5, 0.6) is 0 Å². The van der Waals surface area contributed by atoms with Crippen LogP contribution >= 0.6 is 0 Å². The first kappa shape index (κ1) is 12.6. The van der Waals surface area contributed by atoms with Crippen LogP contribution < -0.4 is 0 Å². The lowest BCUT2D eigenvalue weighted by Gasteiger charge is -2.32. The average molecular weight is 251 g/mol. The number of carbonyl (C=O) groups excluding carboxylic acids is 1. The Bertz CT molecular complexity index is 481. The summed E-state index contributed by atoms with van der Waals surface area (Å²) in [5.74, 6) is -1.16. The minimum absolute atomic E-state index is 0.229. The molecule has 2 rings (SSSR count). The van der Waals surface area contributed by atoms with Gasteiger partial charge in [0.2, 0.25) is 0 Å². The van der Waals surface area contributed by atoms with Crippen molar-refractivity contribution in [2.75, 3.05) is 6.54 Å². The molecule has 1 aromatic heterocycles. The number of aromatic nitrogens is 2. The molecular weight excluding hydrogens is 234 g/mol. The van der Waals surface area contributed by atoms with Gasteiger partial charge in [-0.2, -0.15) is 5.10 Å². The predicted molar refractivity (Wildman–Crippen MR) is 64.3 cm³/mol. The van der Waals surface area contributed by atoms with Crippen molar-refractivity contribution < 1.29 is 14.7 Å². The highest BCUT2D eigenvalue weighted by Crippen LogP contribution is 2.20. The first-order valence-corrected chi connectivity index (χ1v) is 6.04. The maximum Gasteiger partial charge on any atom is 0.326 e. The number of carbonyl (C=O) groups is 2. The van der Waals surface area contributed by atoms with Crippen LogP contribution in [0.3, 0.4) is 0 Å². The van der Waals surface area contributed by atoms with Gasteiger partial charge in [0.1, 0.15) is 6.04 Å². The van der Waals surface area contributed by atoms with Crippen LogP contribution in [0.25, 0.3) is 0 Å². The van der Waals surface area contributed by atoms with Crippen LogP contribution in [0.4, 0.5) is 0 Å². The summed E-state index contributed by atoms with van der Waals surface area (Å²) in [4.78, 5) is 25.0. The van der Waals surface area contributed by atoms with Crippen LogP contribution in [-0.4, -0.2) is 44.3 Å². The quantitative estimate of drug-likeness (QED) is 0.844. The molecule has 0 saturated carbocycles. The van der Waals surface area contributed by atoms with Crippen molar-refractivity contribution in [3.8, 4) is 0 Å². The Hall–Kier alpha value is -1.85. The topological polar surface area (TPSA) is 75.4 Å². The van der Waals surface area contributed by atoms with Crippen LogP contribution in [0.2, 0.25) is 0 Å². The zero-order valence-corrected chi connectivity index (χ0v) is 10.6. The predicted octanol–water partition coefficient (Wildman–Crippen LogP) is 0.808. The Morgan fingerprint density at radius 2 is 2.17 bits per heavy atom. The monoisotopic (exact) mass is 251 g/mol. The van der Waals surface area contributed by atoms with Gasteiger partial charge in [0.05, 0.1) is 11.3 Å². The standard InChI is InChI=1S/C12H17N3O3/c1-8-9(7-14(2)13-8)11(16)15-6-4-3-5-10(15)12(17)18/h7,10H,3-6H2,1-2H3,(H,17,18)/t10-/m0/s1. The Morgan fingerprint density at radius 1 is 1.44 bits per heavy atom. The zero-order chi connectivity index (χ0) is 13.3. The molecule has 1 atom stereocenters. The molecule has 1 fully saturated rings. The maximum atomic E-state index is 12.4. The van der Waals surface area contributed by atoms with Crippen LogP contribution in [0.1, 0.15) is 35.3 Å². The van der Waals surface area contributed by atoms with E-state index in [1.54, 1.807) is 24.9 Å². The molecule has 0 aliphatic carbocycles. The summed E-state index contributed by atoms with van der Waals surface area (Å²) in [6.45, 7) is 2.26. The summed E-state index contributed by atoms with van der Waals surface area (Å²) in [7, 11) is 1.74. The van der Waals surface area contributed by atoms with Crippen molar-refractivity contribution >= 4 is 11.9 Å². The normalized spacial score (nSPS) is 19.9. The number of amides is 1. The third kappa shape index (κ3) is 2.23. The summed E-state index contributed by atoms with van der Waals surface area (Å²) in [5, 5.41) is 13.3. The van der Waals surface area contributed by atoms with Gasteiger partial charge in [-0.1, -0.05) is 0 Å². The molecule has 0 radical (unpaired) electrons. The highest BCUT2D eigenvalue weighted by molar-refractivity contribution is 5.97. The van der Waals surface area contributed by atoms with Crippen molar-refractivity contribution in [2.45, 2.75) is 32.2 Å². The first-order chi connectivity index (χ1) is 8.50. The number of hydrogen-bond acceptors (Lipinski definition) is 3. The lowest BCUT2D eigenvalue weighted by molar-refractivity contribution is -0.143. The first-order valence-electron chi connectivity index (χ1n) is 6.04. The Labute approximate surface area is 105 Å². The number of likely N-dealkylation sites (tertiary alicyclic amines) is 1.